The summed E-state index contributed by atoms with van der Waals surface area (Å²) in [6.07, 6.45) is 31.4. The van der Waals surface area contributed by atoms with Crippen LogP contribution in [-0.2, 0) is 9.53 Å². The van der Waals surface area contributed by atoms with E-state index in [0.717, 1.165) is 31.6 Å². The highest BCUT2D eigenvalue weighted by atomic mass is 16.5. The number of ether oxygens (including phenoxy) is 1. The first kappa shape index (κ1) is 41.1. The molecule has 2 heteroatoms. The van der Waals surface area contributed by atoms with Crippen molar-refractivity contribution in [3.63, 3.8) is 0 Å². The lowest BCUT2D eigenvalue weighted by atomic mass is 9.97. The molecule has 0 aliphatic carbocycles. The lowest BCUT2D eigenvalue weighted by molar-refractivity contribution is -0.136. The first-order chi connectivity index (χ1) is 20.3. The lowest BCUT2D eigenvalue weighted by Gasteiger charge is -2.20. The van der Waals surface area contributed by atoms with Crippen molar-refractivity contribution in [3.05, 3.63) is 69.9 Å². The number of ketones is 1. The maximum absolute atomic E-state index is 12.2. The second-order valence-electron chi connectivity index (χ2n) is 14.0. The van der Waals surface area contributed by atoms with Crippen molar-refractivity contribution in [1.29, 1.82) is 0 Å². The van der Waals surface area contributed by atoms with Gasteiger partial charge in [0.25, 0.3) is 0 Å². The number of hydrogen-bond donors (Lipinski definition) is 0. The zero-order chi connectivity index (χ0) is 32.7. The van der Waals surface area contributed by atoms with Crippen molar-refractivity contribution >= 4 is 5.78 Å². The number of hydrogen-bond acceptors (Lipinski definition) is 2. The molecule has 0 aliphatic heterocycles. The molecule has 1 atom stereocenters. The van der Waals surface area contributed by atoms with E-state index in [-0.39, 0.29) is 5.78 Å². The van der Waals surface area contributed by atoms with E-state index < -0.39 is 5.60 Å². The topological polar surface area (TPSA) is 26.3 Å². The predicted molar refractivity (Wildman–Crippen MR) is 193 cm³/mol. The summed E-state index contributed by atoms with van der Waals surface area (Å²) in [7, 11) is 1.59. The molecule has 0 spiro atoms. The van der Waals surface area contributed by atoms with Crippen molar-refractivity contribution < 1.29 is 9.53 Å². The Morgan fingerprint density at radius 3 is 1.37 bits per heavy atom. The van der Waals surface area contributed by atoms with Crippen molar-refractivity contribution in [3.8, 4) is 0 Å². The van der Waals surface area contributed by atoms with E-state index in [2.05, 4.69) is 91.8 Å². The molecule has 0 bridgehead atoms. The van der Waals surface area contributed by atoms with Crippen LogP contribution in [0, 0.1) is 5.92 Å². The van der Waals surface area contributed by atoms with Gasteiger partial charge in [-0.2, -0.15) is 0 Å². The van der Waals surface area contributed by atoms with Crippen molar-refractivity contribution in [1.82, 2.24) is 0 Å². The van der Waals surface area contributed by atoms with Crippen LogP contribution in [0.5, 0.6) is 0 Å². The number of carbonyl (C=O) groups is 1. The van der Waals surface area contributed by atoms with Crippen molar-refractivity contribution in [2.75, 3.05) is 7.11 Å². The van der Waals surface area contributed by atoms with Gasteiger partial charge in [-0.25, -0.2) is 0 Å². The zero-order valence-electron chi connectivity index (χ0n) is 30.5. The van der Waals surface area contributed by atoms with E-state index in [4.69, 9.17) is 4.74 Å². The molecule has 0 rings (SSSR count). The average Bonchev–Trinajstić information content (AvgIpc) is 2.93. The smallest absolute Gasteiger partial charge is 0.167 e. The summed E-state index contributed by atoms with van der Waals surface area (Å²) in [6.45, 7) is 21.7. The van der Waals surface area contributed by atoms with Gasteiger partial charge in [-0.3, -0.25) is 4.79 Å². The molecule has 2 nitrogen and oxygen atoms in total. The van der Waals surface area contributed by atoms with Crippen LogP contribution in [0.3, 0.4) is 0 Å². The van der Waals surface area contributed by atoms with Gasteiger partial charge in [0.15, 0.2) is 5.78 Å². The Bertz CT molecular complexity index is 960. The van der Waals surface area contributed by atoms with Gasteiger partial charge in [0, 0.05) is 13.5 Å². The number of carbonyl (C=O) groups excluding carboxylic acids is 1. The van der Waals surface area contributed by atoms with Gasteiger partial charge >= 0.3 is 0 Å². The molecule has 246 valence electrons. The molecular weight excluding hydrogens is 524 g/mol. The van der Waals surface area contributed by atoms with Crippen LogP contribution in [-0.4, -0.2) is 18.5 Å². The fourth-order valence-electron chi connectivity index (χ4n) is 5.00. The molecule has 0 aliphatic rings. The molecule has 43 heavy (non-hydrogen) atoms. The predicted octanol–water partition coefficient (Wildman–Crippen LogP) is 13.2. The monoisotopic (exact) mass is 595 g/mol. The van der Waals surface area contributed by atoms with Gasteiger partial charge in [0.1, 0.15) is 5.60 Å². The summed E-state index contributed by atoms with van der Waals surface area (Å²) < 4.78 is 5.28. The third-order valence-corrected chi connectivity index (χ3v) is 8.67. The third-order valence-electron chi connectivity index (χ3n) is 8.67. The second kappa shape index (κ2) is 24.4. The maximum atomic E-state index is 12.2. The normalized spacial score (nSPS) is 14.7. The fraction of sp³-hybridized carbons (Fsp3) is 0.683. The Balaban J connectivity index is 4.10. The molecule has 0 fully saturated rings. The molecule has 0 aromatic heterocycles. The van der Waals surface area contributed by atoms with Crippen LogP contribution in [0.2, 0.25) is 0 Å². The Morgan fingerprint density at radius 1 is 0.581 bits per heavy atom. The van der Waals surface area contributed by atoms with Crippen LogP contribution in [0.25, 0.3) is 0 Å². The molecule has 0 saturated carbocycles. The number of allylic oxidation sites excluding steroid dienone is 12. The van der Waals surface area contributed by atoms with Crippen molar-refractivity contribution in [2.24, 2.45) is 5.92 Å². The van der Waals surface area contributed by atoms with Crippen molar-refractivity contribution in [2.45, 2.75) is 171 Å². The van der Waals surface area contributed by atoms with E-state index >= 15 is 0 Å². The van der Waals surface area contributed by atoms with E-state index in [9.17, 15) is 4.79 Å². The van der Waals surface area contributed by atoms with Crippen LogP contribution in [0.1, 0.15) is 166 Å². The first-order valence-corrected chi connectivity index (χ1v) is 17.3. The second-order valence-corrected chi connectivity index (χ2v) is 14.0. The minimum absolute atomic E-state index is 0.131. The van der Waals surface area contributed by atoms with Gasteiger partial charge in [0.2, 0.25) is 0 Å². The highest BCUT2D eigenvalue weighted by Crippen LogP contribution is 2.19. The fourth-order valence-corrected chi connectivity index (χ4v) is 5.00. The third kappa shape index (κ3) is 24.1. The number of rotatable bonds is 24. The van der Waals surface area contributed by atoms with E-state index in [1.165, 1.54) is 86.5 Å². The van der Waals surface area contributed by atoms with Crippen LogP contribution in [0.4, 0.5) is 0 Å². The SMILES string of the molecule is COC(C)(C)C(=O)CC=C(C)CCC=C(C)CCC=C(C)CCCCC(C)=CCCC(C)CCC=C(C)CCC=C(C)C. The highest BCUT2D eigenvalue weighted by Gasteiger charge is 2.25. The van der Waals surface area contributed by atoms with Gasteiger partial charge < -0.3 is 4.74 Å². The van der Waals surface area contributed by atoms with Crippen LogP contribution >= 0.6 is 0 Å². The number of methoxy groups -OCH3 is 1. The quantitative estimate of drug-likeness (QED) is 0.0820. The summed E-state index contributed by atoms with van der Waals surface area (Å²) in [5.41, 5.74) is 8.11. The Hall–Kier alpha value is -1.93. The first-order valence-electron chi connectivity index (χ1n) is 17.3. The Morgan fingerprint density at radius 2 is 0.953 bits per heavy atom. The minimum Gasteiger partial charge on any atom is -0.371 e. The molecule has 0 aromatic carbocycles. The van der Waals surface area contributed by atoms with E-state index in [1.807, 2.05) is 13.8 Å². The molecule has 0 aromatic rings. The lowest BCUT2D eigenvalue weighted by Crippen LogP contribution is -2.33. The van der Waals surface area contributed by atoms with E-state index in [0.29, 0.717) is 6.42 Å². The summed E-state index contributed by atoms with van der Waals surface area (Å²) in [6, 6.07) is 0. The van der Waals surface area contributed by atoms with E-state index in [1.54, 1.807) is 18.3 Å². The van der Waals surface area contributed by atoms with Gasteiger partial charge in [0.05, 0.1) is 0 Å². The molecule has 1 unspecified atom stereocenters. The van der Waals surface area contributed by atoms with Gasteiger partial charge in [-0.15, -0.1) is 0 Å². The summed E-state index contributed by atoms with van der Waals surface area (Å²) in [5, 5.41) is 0. The van der Waals surface area contributed by atoms with Gasteiger partial charge in [-0.1, -0.05) is 76.8 Å². The highest BCUT2D eigenvalue weighted by molar-refractivity contribution is 5.87. The summed E-state index contributed by atoms with van der Waals surface area (Å²) in [4.78, 5) is 12.2. The summed E-state index contributed by atoms with van der Waals surface area (Å²) >= 11 is 0. The molecule has 0 heterocycles. The standard InChI is InChI=1S/C41H70O2/c1-33(2)19-14-22-36(5)25-17-28-37(6)26-15-23-34(3)20-12-13-21-35(4)24-16-27-38(7)29-18-30-39(8)31-32-40(42)41(9,10)43-11/h19,23-25,29,31,37H,12-18,20-22,26-28,30,32H2,1-11H3. The Kier molecular flexibility index (Phi) is 23.3. The molecule has 0 amide bonds. The zero-order valence-corrected chi connectivity index (χ0v) is 30.5. The molecule has 0 radical (unpaired) electrons. The Labute approximate surface area is 268 Å². The average molecular weight is 595 g/mol. The largest absolute Gasteiger partial charge is 0.371 e. The van der Waals surface area contributed by atoms with Gasteiger partial charge in [-0.05, 0) is 158 Å². The maximum Gasteiger partial charge on any atom is 0.167 e. The number of Topliss-reactive ketones (excluding diaryl/α,β-unsaturated/α-hetero) is 1. The van der Waals surface area contributed by atoms with Crippen LogP contribution in [0.15, 0.2) is 69.9 Å². The molecule has 0 saturated heterocycles. The summed E-state index contributed by atoms with van der Waals surface area (Å²) in [5.74, 6) is 0.931. The van der Waals surface area contributed by atoms with Crippen LogP contribution < -0.4 is 0 Å². The molecule has 0 N–H and O–H groups in total. The minimum atomic E-state index is -0.698. The number of unbranched alkanes of at least 4 members (excludes halogenated alkanes) is 1. The molecular formula is C41H70O2.